The van der Waals surface area contributed by atoms with Crippen LogP contribution in [0.25, 0.3) is 109 Å². The fourth-order valence-corrected chi connectivity index (χ4v) is 6.42. The smallest absolute Gasteiger partial charge is 0.136 e. The number of rotatable bonds is 3. The van der Waals surface area contributed by atoms with E-state index in [0.717, 1.165) is 0 Å². The van der Waals surface area contributed by atoms with E-state index in [-0.39, 0.29) is 5.39 Å². The second kappa shape index (κ2) is 10.9. The molecule has 1 nitrogen and oxygen atoms in total. The Bertz CT molecular complexity index is 4840. The van der Waals surface area contributed by atoms with Gasteiger partial charge >= 0.3 is 0 Å². The molecule has 51 heavy (non-hydrogen) atoms. The Hall–Kier alpha value is -6.70. The summed E-state index contributed by atoms with van der Waals surface area (Å²) >= 11 is 0. The van der Waals surface area contributed by atoms with Crippen molar-refractivity contribution in [2.45, 2.75) is 0 Å². The minimum atomic E-state index is -1.09. The molecule has 0 saturated heterocycles. The lowest BCUT2D eigenvalue weighted by molar-refractivity contribution is 0.669. The Morgan fingerprint density at radius 3 is 1.45 bits per heavy atom. The lowest BCUT2D eigenvalue weighted by atomic mass is 9.83. The molecular formula is C50H30O. The van der Waals surface area contributed by atoms with E-state index in [9.17, 15) is 17.8 Å². The van der Waals surface area contributed by atoms with Crippen LogP contribution in [0.1, 0.15) is 41.1 Å². The summed E-state index contributed by atoms with van der Waals surface area (Å²) in [5.74, 6) is 0. The minimum Gasteiger partial charge on any atom is -0.456 e. The first-order valence-corrected chi connectivity index (χ1v) is 15.2. The highest BCUT2D eigenvalue weighted by atomic mass is 16.3. The molecule has 0 radical (unpaired) electrons. The maximum Gasteiger partial charge on any atom is 0.136 e. The highest BCUT2D eigenvalue weighted by Crippen LogP contribution is 2.47. The Morgan fingerprint density at radius 2 is 0.784 bits per heavy atom. The predicted octanol–water partition coefficient (Wildman–Crippen LogP) is 14.4. The number of hydrogen-bond donors (Lipinski definition) is 0. The Balaban J connectivity index is 1.39. The third-order valence-corrected chi connectivity index (χ3v) is 8.57. The molecule has 1 heteroatoms. The van der Waals surface area contributed by atoms with Crippen LogP contribution >= 0.6 is 0 Å². The summed E-state index contributed by atoms with van der Waals surface area (Å²) in [6.07, 6.45) is 0. The first kappa shape index (κ1) is 11.7. The number of benzene rings is 10. The van der Waals surface area contributed by atoms with Crippen molar-refractivity contribution in [3.05, 3.63) is 181 Å². The molecule has 0 N–H and O–H groups in total. The topological polar surface area (TPSA) is 13.1 Å². The van der Waals surface area contributed by atoms with Crippen molar-refractivity contribution >= 4 is 75.8 Å². The van der Waals surface area contributed by atoms with Crippen LogP contribution in [-0.4, -0.2) is 0 Å². The molecular weight excluding hydrogens is 617 g/mol. The van der Waals surface area contributed by atoms with E-state index < -0.39 is 285 Å². The molecule has 0 bridgehead atoms. The first-order chi connectivity index (χ1) is 37.8. The summed E-state index contributed by atoms with van der Waals surface area (Å²) in [5.41, 5.74) is -5.85. The molecule has 236 valence electrons. The lowest BCUT2D eigenvalue weighted by Gasteiger charge is -2.19. The molecule has 1 heterocycles. The number of hydrogen-bond acceptors (Lipinski definition) is 1. The monoisotopic (exact) mass is 676 g/mol. The summed E-state index contributed by atoms with van der Waals surface area (Å²) in [7, 11) is 0. The second-order valence-electron chi connectivity index (χ2n) is 11.3. The van der Waals surface area contributed by atoms with Crippen LogP contribution in [0.4, 0.5) is 0 Å². The fraction of sp³-hybridized carbons (Fsp3) is 0. The molecule has 0 aliphatic carbocycles. The second-order valence-corrected chi connectivity index (χ2v) is 11.3. The molecule has 0 unspecified atom stereocenters. The molecule has 11 rings (SSSR count). The standard InChI is InChI=1S/C50H30O/c1-3-15-36-31(11-1)13-9-21-39(36)48-41-17-5-7-19-43(41)49(44-20-8-6-18-42(44)48)40-22-10-14-35-29-33(23-26-37(35)40)34-25-27-46-45(30-34)50-38-16-4-2-12-32(38)24-28-47(50)51-46/h1-30H/i1D,2D,3D,4D,5D,6D,7D,8D,9D,10D,11D,12D,13D,14D,15D,16D,17D,18D,19D,20D,21D,22D,23D,24D,25D,26D,27D,28D,29D,30D. The van der Waals surface area contributed by atoms with Crippen LogP contribution in [0.3, 0.4) is 0 Å². The van der Waals surface area contributed by atoms with Gasteiger partial charge in [-0.1, -0.05) is 157 Å². The zero-order valence-electron chi connectivity index (χ0n) is 55.4. The van der Waals surface area contributed by atoms with E-state index in [0.29, 0.717) is 0 Å². The molecule has 0 spiro atoms. The quantitative estimate of drug-likeness (QED) is 0.170. The molecule has 1 aromatic heterocycles. The Morgan fingerprint density at radius 1 is 0.314 bits per heavy atom. The highest BCUT2D eigenvalue weighted by molar-refractivity contribution is 6.25. The van der Waals surface area contributed by atoms with E-state index in [1.165, 1.54) is 0 Å². The zero-order chi connectivity index (χ0) is 59.6. The summed E-state index contributed by atoms with van der Waals surface area (Å²) in [4.78, 5) is 0. The van der Waals surface area contributed by atoms with Gasteiger partial charge in [0.15, 0.2) is 0 Å². The third-order valence-electron chi connectivity index (χ3n) is 8.57. The van der Waals surface area contributed by atoms with Gasteiger partial charge in [0.2, 0.25) is 0 Å². The molecule has 0 saturated carbocycles. The molecule has 11 aromatic rings. The van der Waals surface area contributed by atoms with Crippen LogP contribution in [0.5, 0.6) is 0 Å². The predicted molar refractivity (Wildman–Crippen MR) is 218 cm³/mol. The van der Waals surface area contributed by atoms with Gasteiger partial charge in [-0.2, -0.15) is 0 Å². The van der Waals surface area contributed by atoms with Gasteiger partial charge < -0.3 is 4.42 Å². The molecule has 0 aliphatic heterocycles. The van der Waals surface area contributed by atoms with E-state index in [1.807, 2.05) is 0 Å². The van der Waals surface area contributed by atoms with Crippen molar-refractivity contribution in [1.29, 1.82) is 0 Å². The molecule has 10 aromatic carbocycles. The summed E-state index contributed by atoms with van der Waals surface area (Å²) in [6.45, 7) is 0. The van der Waals surface area contributed by atoms with Gasteiger partial charge in [0.25, 0.3) is 0 Å². The molecule has 0 atom stereocenters. The fourth-order valence-electron chi connectivity index (χ4n) is 6.42. The van der Waals surface area contributed by atoms with Gasteiger partial charge in [-0.3, -0.25) is 0 Å². The largest absolute Gasteiger partial charge is 0.456 e. The first-order valence-electron chi connectivity index (χ1n) is 30.2. The van der Waals surface area contributed by atoms with Crippen molar-refractivity contribution in [3.8, 4) is 33.4 Å². The van der Waals surface area contributed by atoms with Crippen molar-refractivity contribution in [2.24, 2.45) is 0 Å². The Kier molecular flexibility index (Phi) is 2.50. The summed E-state index contributed by atoms with van der Waals surface area (Å²) in [6, 6.07) is -28.3. The van der Waals surface area contributed by atoms with Gasteiger partial charge in [0, 0.05) is 10.8 Å². The van der Waals surface area contributed by atoms with Crippen LogP contribution < -0.4 is 0 Å². The van der Waals surface area contributed by atoms with Crippen molar-refractivity contribution < 1.29 is 45.5 Å². The molecule has 0 amide bonds. The van der Waals surface area contributed by atoms with Crippen LogP contribution in [0.15, 0.2) is 186 Å². The minimum absolute atomic E-state index is 0.384. The van der Waals surface area contributed by atoms with Gasteiger partial charge in [-0.05, 0) is 111 Å². The average molecular weight is 677 g/mol. The van der Waals surface area contributed by atoms with E-state index in [2.05, 4.69) is 0 Å². The van der Waals surface area contributed by atoms with Crippen LogP contribution in [0, 0.1) is 0 Å². The maximum atomic E-state index is 9.81. The van der Waals surface area contributed by atoms with Gasteiger partial charge in [-0.25, -0.2) is 0 Å². The maximum absolute atomic E-state index is 9.81. The third kappa shape index (κ3) is 4.22. The van der Waals surface area contributed by atoms with Crippen molar-refractivity contribution in [1.82, 2.24) is 0 Å². The van der Waals surface area contributed by atoms with E-state index in [1.54, 1.807) is 0 Å². The summed E-state index contributed by atoms with van der Waals surface area (Å²) in [5, 5.41) is -7.81. The molecule has 0 fully saturated rings. The van der Waals surface area contributed by atoms with Crippen LogP contribution in [0.2, 0.25) is 0 Å². The van der Waals surface area contributed by atoms with Crippen molar-refractivity contribution in [2.75, 3.05) is 0 Å². The van der Waals surface area contributed by atoms with Gasteiger partial charge in [0.05, 0.1) is 41.1 Å². The average Bonchev–Trinajstić information content (AvgIpc) is 3.34. The van der Waals surface area contributed by atoms with E-state index in [4.69, 9.17) is 27.7 Å². The SMILES string of the molecule is [2H]c1c(-c2c([2H])c([2H])c3c(-c4c5c([2H])c([2H])c([2H])c([2H])c5c(-c5c([2H])c([2H])c([2H])c6c([2H])c([2H])c([2H])c([2H])c56)c5c([2H])c([2H])c([2H])c([2H])c45)c([2H])c([2H])c([2H])c3c2[2H])c([2H])c2c(oc3c([2H])c([2H])c4c([2H])c([2H])c([2H])c([2H])c4c32)c1[2H]. The van der Waals surface area contributed by atoms with Crippen LogP contribution in [-0.2, 0) is 0 Å². The van der Waals surface area contributed by atoms with Gasteiger partial charge in [-0.15, -0.1) is 0 Å². The van der Waals surface area contributed by atoms with Gasteiger partial charge in [0.1, 0.15) is 11.2 Å². The normalized spacial score (nSPS) is 20.2. The highest BCUT2D eigenvalue weighted by Gasteiger charge is 2.19. The van der Waals surface area contributed by atoms with Crippen molar-refractivity contribution in [3.63, 3.8) is 0 Å². The van der Waals surface area contributed by atoms with E-state index >= 15 is 0 Å². The number of fused-ring (bicyclic) bond motifs is 9. The Labute approximate surface area is 336 Å². The lowest BCUT2D eigenvalue weighted by Crippen LogP contribution is -1.92. The molecule has 0 aliphatic rings. The summed E-state index contributed by atoms with van der Waals surface area (Å²) < 4.78 is 279. The number of furan rings is 1. The zero-order valence-corrected chi connectivity index (χ0v) is 25.4.